The van der Waals surface area contributed by atoms with Crippen LogP contribution in [0, 0.1) is 0 Å². The van der Waals surface area contributed by atoms with Crippen molar-refractivity contribution in [3.8, 4) is 5.75 Å². The fraction of sp³-hybridized carbons (Fsp3) is 0.357. The predicted octanol–water partition coefficient (Wildman–Crippen LogP) is 2.32. The summed E-state index contributed by atoms with van der Waals surface area (Å²) in [5, 5.41) is 2.70. The zero-order valence-corrected chi connectivity index (χ0v) is 10.2. The van der Waals surface area contributed by atoms with E-state index >= 15 is 0 Å². The molecule has 0 fully saturated rings. The lowest BCUT2D eigenvalue weighted by molar-refractivity contribution is -0.121. The molecule has 0 heterocycles. The summed E-state index contributed by atoms with van der Waals surface area (Å²) in [5.74, 6) is 0.786. The van der Waals surface area contributed by atoms with Crippen LogP contribution in [0.25, 0.3) is 0 Å². The van der Waals surface area contributed by atoms with Crippen molar-refractivity contribution in [1.29, 1.82) is 0 Å². The van der Waals surface area contributed by atoms with Gasteiger partial charge in [-0.1, -0.05) is 25.1 Å². The summed E-state index contributed by atoms with van der Waals surface area (Å²) < 4.78 is 5.47. The van der Waals surface area contributed by atoms with Crippen molar-refractivity contribution >= 4 is 5.91 Å². The molecule has 0 aromatic heterocycles. The normalized spacial score (nSPS) is 9.71. The van der Waals surface area contributed by atoms with Crippen LogP contribution in [0.3, 0.4) is 0 Å². The molecular formula is C14H19NO2. The lowest BCUT2D eigenvalue weighted by Gasteiger charge is -2.06. The predicted molar refractivity (Wildman–Crippen MR) is 69.1 cm³/mol. The molecule has 0 unspecified atom stereocenters. The highest BCUT2D eigenvalue weighted by Crippen LogP contribution is 2.12. The first-order valence-corrected chi connectivity index (χ1v) is 5.85. The maximum absolute atomic E-state index is 11.3. The van der Waals surface area contributed by atoms with Gasteiger partial charge >= 0.3 is 0 Å². The van der Waals surface area contributed by atoms with E-state index in [-0.39, 0.29) is 5.91 Å². The highest BCUT2D eigenvalue weighted by molar-refractivity contribution is 5.76. The summed E-state index contributed by atoms with van der Waals surface area (Å²) in [5.41, 5.74) is 1.28. The third kappa shape index (κ3) is 5.20. The molecule has 0 aliphatic rings. The molecule has 0 aliphatic carbocycles. The Balaban J connectivity index is 2.25. The number of aryl methyl sites for hydroxylation is 1. The number of ether oxygens (including phenoxy) is 1. The Labute approximate surface area is 102 Å². The molecule has 0 spiro atoms. The lowest BCUT2D eigenvalue weighted by Crippen LogP contribution is -2.24. The Morgan fingerprint density at radius 1 is 1.41 bits per heavy atom. The van der Waals surface area contributed by atoms with Crippen molar-refractivity contribution in [3.05, 3.63) is 42.5 Å². The van der Waals surface area contributed by atoms with Gasteiger partial charge in [-0.3, -0.25) is 4.79 Å². The molecule has 0 saturated carbocycles. The van der Waals surface area contributed by atoms with Gasteiger partial charge < -0.3 is 10.1 Å². The Morgan fingerprint density at radius 3 is 2.71 bits per heavy atom. The summed E-state index contributed by atoms with van der Waals surface area (Å²) >= 11 is 0. The molecule has 0 saturated heterocycles. The molecule has 1 aromatic carbocycles. The average molecular weight is 233 g/mol. The number of carbonyl (C=O) groups is 1. The van der Waals surface area contributed by atoms with E-state index < -0.39 is 0 Å². The van der Waals surface area contributed by atoms with Gasteiger partial charge in [0.05, 0.1) is 13.0 Å². The second-order valence-electron chi connectivity index (χ2n) is 3.69. The van der Waals surface area contributed by atoms with Crippen molar-refractivity contribution in [2.24, 2.45) is 0 Å². The standard InChI is InChI=1S/C14H19NO2/c1-3-10-15-14(16)9-11-17-13-7-5-12(4-2)6-8-13/h3,5-8H,1,4,9-11H2,2H3,(H,15,16). The third-order valence-corrected chi connectivity index (χ3v) is 2.37. The van der Waals surface area contributed by atoms with Gasteiger partial charge in [0, 0.05) is 6.54 Å². The van der Waals surface area contributed by atoms with Crippen molar-refractivity contribution in [3.63, 3.8) is 0 Å². The minimum Gasteiger partial charge on any atom is -0.493 e. The molecular weight excluding hydrogens is 214 g/mol. The Hall–Kier alpha value is -1.77. The first-order chi connectivity index (χ1) is 8.26. The van der Waals surface area contributed by atoms with Crippen molar-refractivity contribution < 1.29 is 9.53 Å². The van der Waals surface area contributed by atoms with E-state index in [9.17, 15) is 4.79 Å². The second-order valence-corrected chi connectivity index (χ2v) is 3.69. The van der Waals surface area contributed by atoms with Crippen LogP contribution < -0.4 is 10.1 Å². The van der Waals surface area contributed by atoms with E-state index in [4.69, 9.17) is 4.74 Å². The van der Waals surface area contributed by atoms with E-state index in [0.717, 1.165) is 12.2 Å². The van der Waals surface area contributed by atoms with Crippen LogP contribution in [0.15, 0.2) is 36.9 Å². The van der Waals surface area contributed by atoms with Crippen LogP contribution >= 0.6 is 0 Å². The average Bonchev–Trinajstić information content (AvgIpc) is 2.37. The molecule has 3 nitrogen and oxygen atoms in total. The SMILES string of the molecule is C=CCNC(=O)CCOc1ccc(CC)cc1. The Bertz CT molecular complexity index is 357. The summed E-state index contributed by atoms with van der Waals surface area (Å²) in [7, 11) is 0. The fourth-order valence-corrected chi connectivity index (χ4v) is 1.36. The fourth-order valence-electron chi connectivity index (χ4n) is 1.36. The van der Waals surface area contributed by atoms with Gasteiger partial charge in [0.15, 0.2) is 0 Å². The van der Waals surface area contributed by atoms with E-state index in [0.29, 0.717) is 19.6 Å². The van der Waals surface area contributed by atoms with E-state index in [1.54, 1.807) is 6.08 Å². The molecule has 3 heteroatoms. The van der Waals surface area contributed by atoms with E-state index in [2.05, 4.69) is 18.8 Å². The van der Waals surface area contributed by atoms with Crippen molar-refractivity contribution in [2.45, 2.75) is 19.8 Å². The van der Waals surface area contributed by atoms with Crippen LogP contribution in [0.1, 0.15) is 18.9 Å². The molecule has 0 aliphatic heterocycles. The maximum atomic E-state index is 11.3. The number of rotatable bonds is 7. The topological polar surface area (TPSA) is 38.3 Å². The number of hydrogen-bond acceptors (Lipinski definition) is 2. The molecule has 0 atom stereocenters. The van der Waals surface area contributed by atoms with Gasteiger partial charge in [-0.05, 0) is 24.1 Å². The molecule has 17 heavy (non-hydrogen) atoms. The number of nitrogens with one attached hydrogen (secondary N) is 1. The second kappa shape index (κ2) is 7.49. The zero-order valence-electron chi connectivity index (χ0n) is 10.2. The Morgan fingerprint density at radius 2 is 2.12 bits per heavy atom. The van der Waals surface area contributed by atoms with Crippen LogP contribution in [-0.2, 0) is 11.2 Å². The van der Waals surface area contributed by atoms with Gasteiger partial charge in [0.1, 0.15) is 5.75 Å². The van der Waals surface area contributed by atoms with Gasteiger partial charge in [0.2, 0.25) is 5.91 Å². The van der Waals surface area contributed by atoms with Gasteiger partial charge in [-0.2, -0.15) is 0 Å². The summed E-state index contributed by atoms with van der Waals surface area (Å²) in [6.07, 6.45) is 3.04. The molecule has 92 valence electrons. The van der Waals surface area contributed by atoms with Gasteiger partial charge in [0.25, 0.3) is 0 Å². The van der Waals surface area contributed by atoms with Gasteiger partial charge in [-0.25, -0.2) is 0 Å². The van der Waals surface area contributed by atoms with Gasteiger partial charge in [-0.15, -0.1) is 6.58 Å². The van der Waals surface area contributed by atoms with Crippen LogP contribution in [-0.4, -0.2) is 19.1 Å². The number of hydrogen-bond donors (Lipinski definition) is 1. The van der Waals surface area contributed by atoms with Crippen LogP contribution in [0.5, 0.6) is 5.75 Å². The summed E-state index contributed by atoms with van der Waals surface area (Å²) in [4.78, 5) is 11.3. The number of benzene rings is 1. The minimum atomic E-state index is -0.0184. The Kier molecular flexibility index (Phi) is 5.86. The monoisotopic (exact) mass is 233 g/mol. The number of amides is 1. The zero-order chi connectivity index (χ0) is 12.5. The first-order valence-electron chi connectivity index (χ1n) is 5.85. The van der Waals surface area contributed by atoms with Crippen LogP contribution in [0.4, 0.5) is 0 Å². The smallest absolute Gasteiger partial charge is 0.223 e. The van der Waals surface area contributed by atoms with Crippen molar-refractivity contribution in [1.82, 2.24) is 5.32 Å². The first kappa shape index (κ1) is 13.3. The minimum absolute atomic E-state index is 0.0184. The van der Waals surface area contributed by atoms with Crippen LogP contribution in [0.2, 0.25) is 0 Å². The molecule has 1 aromatic rings. The highest BCUT2D eigenvalue weighted by atomic mass is 16.5. The summed E-state index contributed by atoms with van der Waals surface area (Å²) in [6, 6.07) is 7.93. The van der Waals surface area contributed by atoms with E-state index in [1.807, 2.05) is 24.3 Å². The molecule has 0 radical (unpaired) electrons. The lowest BCUT2D eigenvalue weighted by atomic mass is 10.2. The number of carbonyl (C=O) groups excluding carboxylic acids is 1. The molecule has 1 N–H and O–H groups in total. The van der Waals surface area contributed by atoms with E-state index in [1.165, 1.54) is 5.56 Å². The molecule has 1 amide bonds. The highest BCUT2D eigenvalue weighted by Gasteiger charge is 2.00. The quantitative estimate of drug-likeness (QED) is 0.734. The maximum Gasteiger partial charge on any atom is 0.223 e. The third-order valence-electron chi connectivity index (χ3n) is 2.37. The summed E-state index contributed by atoms with van der Waals surface area (Å²) in [6.45, 7) is 6.54. The molecule has 1 rings (SSSR count). The molecule has 0 bridgehead atoms. The van der Waals surface area contributed by atoms with Crippen molar-refractivity contribution in [2.75, 3.05) is 13.2 Å². The largest absolute Gasteiger partial charge is 0.493 e.